The predicted molar refractivity (Wildman–Crippen MR) is 80.0 cm³/mol. The Hall–Kier alpha value is -1.06. The van der Waals surface area contributed by atoms with Crippen LogP contribution < -0.4 is 15.4 Å². The molecule has 2 N–H and O–H groups in total. The predicted octanol–water partition coefficient (Wildman–Crippen LogP) is 2.63. The molecule has 0 radical (unpaired) electrons. The summed E-state index contributed by atoms with van der Waals surface area (Å²) in [4.78, 5) is 0. The van der Waals surface area contributed by atoms with E-state index in [1.807, 2.05) is 7.05 Å². The van der Waals surface area contributed by atoms with Gasteiger partial charge < -0.3 is 15.4 Å². The van der Waals surface area contributed by atoms with Crippen molar-refractivity contribution < 1.29 is 4.74 Å². The Morgan fingerprint density at radius 2 is 1.95 bits per heavy atom. The molecule has 1 saturated carbocycles. The molecule has 106 valence electrons. The zero-order valence-electron chi connectivity index (χ0n) is 12.8. The molecule has 0 spiro atoms. The van der Waals surface area contributed by atoms with Gasteiger partial charge in [0.1, 0.15) is 5.75 Å². The Morgan fingerprint density at radius 3 is 2.47 bits per heavy atom. The average Bonchev–Trinajstić information content (AvgIpc) is 3.20. The summed E-state index contributed by atoms with van der Waals surface area (Å²) in [6.07, 6.45) is 2.64. The van der Waals surface area contributed by atoms with Crippen molar-refractivity contribution in [1.29, 1.82) is 0 Å². The molecule has 1 aliphatic rings. The summed E-state index contributed by atoms with van der Waals surface area (Å²) < 4.78 is 5.68. The van der Waals surface area contributed by atoms with Crippen molar-refractivity contribution in [3.05, 3.63) is 28.3 Å². The molecule has 1 fully saturated rings. The van der Waals surface area contributed by atoms with E-state index in [2.05, 4.69) is 37.5 Å². The molecule has 0 aliphatic heterocycles. The van der Waals surface area contributed by atoms with Crippen molar-refractivity contribution >= 4 is 0 Å². The van der Waals surface area contributed by atoms with E-state index in [0.29, 0.717) is 6.04 Å². The van der Waals surface area contributed by atoms with Crippen LogP contribution in [0.3, 0.4) is 0 Å². The van der Waals surface area contributed by atoms with Crippen molar-refractivity contribution in [1.82, 2.24) is 10.6 Å². The van der Waals surface area contributed by atoms with Crippen molar-refractivity contribution in [2.24, 2.45) is 0 Å². The van der Waals surface area contributed by atoms with Crippen molar-refractivity contribution in [3.8, 4) is 5.75 Å². The van der Waals surface area contributed by atoms with E-state index in [1.165, 1.54) is 35.1 Å². The molecule has 1 aliphatic carbocycles. The number of rotatable bonds is 6. The molecule has 1 aromatic carbocycles. The van der Waals surface area contributed by atoms with Gasteiger partial charge in [-0.2, -0.15) is 0 Å². The molecule has 0 aromatic heterocycles. The molecule has 19 heavy (non-hydrogen) atoms. The number of benzene rings is 1. The van der Waals surface area contributed by atoms with Gasteiger partial charge in [-0.25, -0.2) is 0 Å². The first-order valence-electron chi connectivity index (χ1n) is 7.13. The highest BCUT2D eigenvalue weighted by atomic mass is 16.5. The highest BCUT2D eigenvalue weighted by Crippen LogP contribution is 2.34. The van der Waals surface area contributed by atoms with Crippen molar-refractivity contribution in [3.63, 3.8) is 0 Å². The number of nitrogens with one attached hydrogen (secondary N) is 2. The molecule has 0 bridgehead atoms. The summed E-state index contributed by atoms with van der Waals surface area (Å²) in [5.74, 6) is 1.04. The highest BCUT2D eigenvalue weighted by Gasteiger charge is 2.24. The summed E-state index contributed by atoms with van der Waals surface area (Å²) in [5, 5.41) is 7.02. The van der Waals surface area contributed by atoms with Gasteiger partial charge >= 0.3 is 0 Å². The lowest BCUT2D eigenvalue weighted by molar-refractivity contribution is 0.394. The maximum Gasteiger partial charge on any atom is 0.127 e. The van der Waals surface area contributed by atoms with Crippen LogP contribution in [0.4, 0.5) is 0 Å². The number of aryl methyl sites for hydroxylation is 2. The van der Waals surface area contributed by atoms with E-state index in [-0.39, 0.29) is 0 Å². The third-order valence-corrected chi connectivity index (χ3v) is 4.12. The number of likely N-dealkylation sites (N-methyl/N-ethyl adjacent to an activating group) is 1. The Labute approximate surface area is 116 Å². The number of hydrogen-bond acceptors (Lipinski definition) is 3. The summed E-state index contributed by atoms with van der Waals surface area (Å²) in [6.45, 7) is 7.41. The minimum Gasteiger partial charge on any atom is -0.496 e. The van der Waals surface area contributed by atoms with Crippen LogP contribution >= 0.6 is 0 Å². The van der Waals surface area contributed by atoms with Gasteiger partial charge in [0.05, 0.1) is 7.11 Å². The minimum atomic E-state index is 0.301. The molecule has 1 atom stereocenters. The smallest absolute Gasteiger partial charge is 0.127 e. The SMILES string of the molecule is CNC(CNC1CC1)c1c(C)cc(C)c(C)c1OC. The Balaban J connectivity index is 2.31. The normalized spacial score (nSPS) is 16.5. The Bertz CT molecular complexity index is 453. The molecular formula is C16H26N2O. The van der Waals surface area contributed by atoms with E-state index >= 15 is 0 Å². The van der Waals surface area contributed by atoms with Gasteiger partial charge in [-0.3, -0.25) is 0 Å². The summed E-state index contributed by atoms with van der Waals surface area (Å²) in [7, 11) is 3.79. The summed E-state index contributed by atoms with van der Waals surface area (Å²) >= 11 is 0. The fourth-order valence-corrected chi connectivity index (χ4v) is 2.69. The Kier molecular flexibility index (Phi) is 4.48. The first-order valence-corrected chi connectivity index (χ1v) is 7.13. The van der Waals surface area contributed by atoms with Crippen LogP contribution in [0.15, 0.2) is 6.07 Å². The van der Waals surface area contributed by atoms with Gasteiger partial charge in [-0.15, -0.1) is 0 Å². The van der Waals surface area contributed by atoms with Crippen LogP contribution in [-0.2, 0) is 0 Å². The van der Waals surface area contributed by atoms with Crippen LogP contribution in [0.1, 0.15) is 41.1 Å². The standard InChI is InChI=1S/C16H26N2O/c1-10-8-11(2)15(16(19-5)12(10)3)14(17-4)9-18-13-6-7-13/h8,13-14,17-18H,6-7,9H2,1-5H3. The average molecular weight is 262 g/mol. The quantitative estimate of drug-likeness (QED) is 0.827. The van der Waals surface area contributed by atoms with Gasteiger partial charge in [-0.05, 0) is 57.4 Å². The molecule has 3 heteroatoms. The van der Waals surface area contributed by atoms with Gasteiger partial charge in [0, 0.05) is 24.2 Å². The van der Waals surface area contributed by atoms with E-state index in [1.54, 1.807) is 7.11 Å². The van der Waals surface area contributed by atoms with E-state index in [9.17, 15) is 0 Å². The van der Waals surface area contributed by atoms with Crippen LogP contribution in [0, 0.1) is 20.8 Å². The lowest BCUT2D eigenvalue weighted by Gasteiger charge is -2.24. The second kappa shape index (κ2) is 5.93. The fourth-order valence-electron chi connectivity index (χ4n) is 2.69. The molecule has 0 heterocycles. The van der Waals surface area contributed by atoms with Gasteiger partial charge in [0.25, 0.3) is 0 Å². The van der Waals surface area contributed by atoms with Crippen molar-refractivity contribution in [2.45, 2.75) is 45.7 Å². The van der Waals surface area contributed by atoms with Crippen LogP contribution in [-0.4, -0.2) is 26.7 Å². The van der Waals surface area contributed by atoms with Gasteiger partial charge in [0.2, 0.25) is 0 Å². The molecule has 3 nitrogen and oxygen atoms in total. The zero-order chi connectivity index (χ0) is 14.0. The first kappa shape index (κ1) is 14.4. The summed E-state index contributed by atoms with van der Waals surface area (Å²) in [6, 6.07) is 3.29. The molecular weight excluding hydrogens is 236 g/mol. The number of methoxy groups -OCH3 is 1. The maximum absolute atomic E-state index is 5.68. The lowest BCUT2D eigenvalue weighted by atomic mass is 9.94. The monoisotopic (exact) mass is 262 g/mol. The first-order chi connectivity index (χ1) is 9.08. The lowest BCUT2D eigenvalue weighted by Crippen LogP contribution is -2.31. The molecule has 1 unspecified atom stereocenters. The third kappa shape index (κ3) is 3.10. The number of hydrogen-bond donors (Lipinski definition) is 2. The van der Waals surface area contributed by atoms with Gasteiger partial charge in [0.15, 0.2) is 0 Å². The zero-order valence-corrected chi connectivity index (χ0v) is 12.8. The Morgan fingerprint density at radius 1 is 1.26 bits per heavy atom. The van der Waals surface area contributed by atoms with Crippen LogP contribution in [0.5, 0.6) is 5.75 Å². The van der Waals surface area contributed by atoms with Gasteiger partial charge in [-0.1, -0.05) is 6.07 Å². The molecule has 0 saturated heterocycles. The van der Waals surface area contributed by atoms with E-state index < -0.39 is 0 Å². The fraction of sp³-hybridized carbons (Fsp3) is 0.625. The third-order valence-electron chi connectivity index (χ3n) is 4.12. The topological polar surface area (TPSA) is 33.3 Å². The van der Waals surface area contributed by atoms with Crippen molar-refractivity contribution in [2.75, 3.05) is 20.7 Å². The second-order valence-corrected chi connectivity index (χ2v) is 5.61. The highest BCUT2D eigenvalue weighted by molar-refractivity contribution is 5.51. The second-order valence-electron chi connectivity index (χ2n) is 5.61. The van der Waals surface area contributed by atoms with E-state index in [4.69, 9.17) is 4.74 Å². The van der Waals surface area contributed by atoms with Crippen LogP contribution in [0.25, 0.3) is 0 Å². The van der Waals surface area contributed by atoms with E-state index in [0.717, 1.165) is 18.3 Å². The molecule has 0 amide bonds. The number of ether oxygens (including phenoxy) is 1. The largest absolute Gasteiger partial charge is 0.496 e. The van der Waals surface area contributed by atoms with Crippen LogP contribution in [0.2, 0.25) is 0 Å². The molecule has 1 aromatic rings. The summed E-state index contributed by atoms with van der Waals surface area (Å²) in [5.41, 5.74) is 5.14. The maximum atomic E-state index is 5.68. The molecule has 2 rings (SSSR count). The minimum absolute atomic E-state index is 0.301.